The number of rotatable bonds is 2. The number of piperidine rings is 3. The van der Waals surface area contributed by atoms with Crippen LogP contribution in [-0.2, 0) is 0 Å². The molecule has 3 heterocycles. The lowest BCUT2D eigenvalue weighted by Crippen LogP contribution is -2.59. The van der Waals surface area contributed by atoms with Gasteiger partial charge in [-0.05, 0) is 63.1 Å². The SMILES string of the molecule is NCC1C2CCN(CC2)C1C1CCCCCC1. The Balaban J connectivity index is 1.74. The topological polar surface area (TPSA) is 29.3 Å². The molecule has 4 rings (SSSR count). The Hall–Kier alpha value is -0.0800. The Morgan fingerprint density at radius 1 is 0.824 bits per heavy atom. The van der Waals surface area contributed by atoms with E-state index < -0.39 is 0 Å². The molecule has 1 saturated carbocycles. The lowest BCUT2D eigenvalue weighted by atomic mass is 9.68. The second kappa shape index (κ2) is 5.27. The third-order valence-corrected chi connectivity index (χ3v) is 5.69. The second-order valence-corrected chi connectivity index (χ2v) is 6.52. The molecule has 0 aromatic carbocycles. The predicted octanol–water partition coefficient (Wildman–Crippen LogP) is 2.63. The smallest absolute Gasteiger partial charge is 0.0166 e. The van der Waals surface area contributed by atoms with Gasteiger partial charge in [-0.2, -0.15) is 0 Å². The van der Waals surface area contributed by atoms with E-state index in [1.165, 1.54) is 64.5 Å². The van der Waals surface area contributed by atoms with E-state index in [9.17, 15) is 0 Å². The summed E-state index contributed by atoms with van der Waals surface area (Å²) in [6.07, 6.45) is 11.7. The van der Waals surface area contributed by atoms with Crippen molar-refractivity contribution in [2.45, 2.75) is 57.4 Å². The van der Waals surface area contributed by atoms with Gasteiger partial charge in [0.2, 0.25) is 0 Å². The van der Waals surface area contributed by atoms with Gasteiger partial charge in [-0.25, -0.2) is 0 Å². The van der Waals surface area contributed by atoms with Crippen LogP contribution in [0.2, 0.25) is 0 Å². The molecule has 2 heteroatoms. The van der Waals surface area contributed by atoms with E-state index in [4.69, 9.17) is 5.73 Å². The van der Waals surface area contributed by atoms with Gasteiger partial charge >= 0.3 is 0 Å². The molecule has 2 nitrogen and oxygen atoms in total. The zero-order valence-corrected chi connectivity index (χ0v) is 11.1. The minimum absolute atomic E-state index is 0.820. The predicted molar refractivity (Wildman–Crippen MR) is 71.8 cm³/mol. The van der Waals surface area contributed by atoms with E-state index in [-0.39, 0.29) is 0 Å². The molecule has 0 spiro atoms. The summed E-state index contributed by atoms with van der Waals surface area (Å²) in [6, 6.07) is 0.852. The van der Waals surface area contributed by atoms with E-state index in [0.29, 0.717) is 0 Å². The van der Waals surface area contributed by atoms with E-state index in [1.807, 2.05) is 0 Å². The zero-order chi connectivity index (χ0) is 11.7. The molecular weight excluding hydrogens is 208 g/mol. The molecule has 2 unspecified atom stereocenters. The Morgan fingerprint density at radius 3 is 2.06 bits per heavy atom. The molecule has 0 aromatic heterocycles. The zero-order valence-electron chi connectivity index (χ0n) is 11.1. The van der Waals surface area contributed by atoms with Crippen molar-refractivity contribution < 1.29 is 0 Å². The fraction of sp³-hybridized carbons (Fsp3) is 1.00. The molecule has 0 aromatic rings. The number of hydrogen-bond acceptors (Lipinski definition) is 2. The fourth-order valence-corrected chi connectivity index (χ4v) is 4.83. The minimum atomic E-state index is 0.820. The summed E-state index contributed by atoms with van der Waals surface area (Å²) in [6.45, 7) is 3.66. The summed E-state index contributed by atoms with van der Waals surface area (Å²) < 4.78 is 0. The van der Waals surface area contributed by atoms with Gasteiger partial charge in [-0.1, -0.05) is 25.7 Å². The van der Waals surface area contributed by atoms with Gasteiger partial charge in [-0.15, -0.1) is 0 Å². The molecule has 3 aliphatic heterocycles. The van der Waals surface area contributed by atoms with Crippen LogP contribution in [-0.4, -0.2) is 30.6 Å². The first-order valence-electron chi connectivity index (χ1n) is 7.84. The van der Waals surface area contributed by atoms with Crippen LogP contribution in [0, 0.1) is 17.8 Å². The van der Waals surface area contributed by atoms with Crippen LogP contribution in [0.25, 0.3) is 0 Å². The highest BCUT2D eigenvalue weighted by molar-refractivity contribution is 4.98. The molecule has 0 amide bonds. The van der Waals surface area contributed by atoms with Gasteiger partial charge in [0.25, 0.3) is 0 Å². The second-order valence-electron chi connectivity index (χ2n) is 6.52. The number of nitrogens with two attached hydrogens (primary N) is 1. The van der Waals surface area contributed by atoms with Crippen molar-refractivity contribution in [3.63, 3.8) is 0 Å². The Morgan fingerprint density at radius 2 is 1.47 bits per heavy atom. The van der Waals surface area contributed by atoms with Crippen molar-refractivity contribution in [3.8, 4) is 0 Å². The standard InChI is InChI=1S/C15H28N2/c16-11-14-12-7-9-17(10-8-12)15(14)13-5-3-1-2-4-6-13/h12-15H,1-11,16H2. The van der Waals surface area contributed by atoms with Gasteiger partial charge in [0.05, 0.1) is 0 Å². The average molecular weight is 236 g/mol. The van der Waals surface area contributed by atoms with Crippen molar-refractivity contribution in [2.24, 2.45) is 23.5 Å². The van der Waals surface area contributed by atoms with Gasteiger partial charge in [0.1, 0.15) is 0 Å². The minimum Gasteiger partial charge on any atom is -0.330 e. The Labute approximate surface area is 106 Å². The monoisotopic (exact) mass is 236 g/mol. The van der Waals surface area contributed by atoms with Crippen molar-refractivity contribution in [2.75, 3.05) is 19.6 Å². The van der Waals surface area contributed by atoms with Crippen LogP contribution in [0.15, 0.2) is 0 Å². The first-order valence-corrected chi connectivity index (χ1v) is 7.84. The summed E-state index contributed by atoms with van der Waals surface area (Å²) in [5, 5.41) is 0. The third-order valence-electron chi connectivity index (χ3n) is 5.69. The quantitative estimate of drug-likeness (QED) is 0.747. The summed E-state index contributed by atoms with van der Waals surface area (Å²) in [5.74, 6) is 2.74. The van der Waals surface area contributed by atoms with Crippen LogP contribution in [0.3, 0.4) is 0 Å². The molecule has 1 aliphatic carbocycles. The number of hydrogen-bond donors (Lipinski definition) is 1. The number of nitrogens with zero attached hydrogens (tertiary/aromatic N) is 1. The maximum atomic E-state index is 6.10. The van der Waals surface area contributed by atoms with E-state index in [2.05, 4.69) is 4.90 Å². The van der Waals surface area contributed by atoms with E-state index in [0.717, 1.165) is 30.3 Å². The van der Waals surface area contributed by atoms with Crippen LogP contribution >= 0.6 is 0 Å². The highest BCUT2D eigenvalue weighted by atomic mass is 15.2. The summed E-state index contributed by atoms with van der Waals surface area (Å²) >= 11 is 0. The maximum absolute atomic E-state index is 6.10. The van der Waals surface area contributed by atoms with Crippen LogP contribution in [0.5, 0.6) is 0 Å². The molecule has 4 fully saturated rings. The summed E-state index contributed by atoms with van der Waals surface area (Å²) in [5.41, 5.74) is 6.10. The molecule has 2 N–H and O–H groups in total. The number of fused-ring (bicyclic) bond motifs is 3. The summed E-state index contributed by atoms with van der Waals surface area (Å²) in [4.78, 5) is 2.80. The first-order chi connectivity index (χ1) is 8.40. The van der Waals surface area contributed by atoms with E-state index >= 15 is 0 Å². The molecule has 0 radical (unpaired) electrons. The van der Waals surface area contributed by atoms with Crippen LogP contribution < -0.4 is 5.73 Å². The van der Waals surface area contributed by atoms with Gasteiger partial charge in [0, 0.05) is 6.04 Å². The molecule has 2 atom stereocenters. The fourth-order valence-electron chi connectivity index (χ4n) is 4.83. The highest BCUT2D eigenvalue weighted by Gasteiger charge is 2.44. The highest BCUT2D eigenvalue weighted by Crippen LogP contribution is 2.42. The van der Waals surface area contributed by atoms with Crippen LogP contribution in [0.4, 0.5) is 0 Å². The Bertz CT molecular complexity index is 237. The largest absolute Gasteiger partial charge is 0.330 e. The maximum Gasteiger partial charge on any atom is 0.0166 e. The Kier molecular flexibility index (Phi) is 3.72. The molecule has 3 saturated heterocycles. The summed E-state index contributed by atoms with van der Waals surface area (Å²) in [7, 11) is 0. The lowest BCUT2D eigenvalue weighted by molar-refractivity contribution is -0.0378. The third kappa shape index (κ3) is 2.26. The van der Waals surface area contributed by atoms with Gasteiger partial charge in [-0.3, -0.25) is 4.90 Å². The molecular formula is C15H28N2. The van der Waals surface area contributed by atoms with Gasteiger partial charge in [0.15, 0.2) is 0 Å². The molecule has 2 bridgehead atoms. The molecule has 17 heavy (non-hydrogen) atoms. The van der Waals surface area contributed by atoms with Crippen molar-refractivity contribution >= 4 is 0 Å². The lowest BCUT2D eigenvalue weighted by Gasteiger charge is -2.53. The van der Waals surface area contributed by atoms with E-state index in [1.54, 1.807) is 0 Å². The van der Waals surface area contributed by atoms with Crippen LogP contribution in [0.1, 0.15) is 51.4 Å². The first kappa shape index (κ1) is 12.0. The molecule has 4 aliphatic rings. The molecule has 98 valence electrons. The van der Waals surface area contributed by atoms with Crippen molar-refractivity contribution in [1.82, 2.24) is 4.90 Å². The normalized spacial score (nSPS) is 43.6. The van der Waals surface area contributed by atoms with Gasteiger partial charge < -0.3 is 5.73 Å². The van der Waals surface area contributed by atoms with Crippen molar-refractivity contribution in [1.29, 1.82) is 0 Å². The average Bonchev–Trinajstić information content (AvgIpc) is 2.67. The van der Waals surface area contributed by atoms with Crippen molar-refractivity contribution in [3.05, 3.63) is 0 Å².